The van der Waals surface area contributed by atoms with E-state index in [4.69, 9.17) is 4.43 Å². The third-order valence-corrected chi connectivity index (χ3v) is 9.28. The van der Waals surface area contributed by atoms with Gasteiger partial charge in [0.2, 0.25) is 0 Å². The van der Waals surface area contributed by atoms with E-state index in [-0.39, 0.29) is 11.9 Å². The third-order valence-electron chi connectivity index (χ3n) is 4.61. The number of allylic oxidation sites excluding steroid dienone is 1. The second kappa shape index (κ2) is 10.3. The lowest BCUT2D eigenvalue weighted by atomic mass is 9.94. The Morgan fingerprint density at radius 2 is 1.75 bits per heavy atom. The SMILES string of the molecule is C=CC(=O)C[C@@H](O[Si](CC)(CC)CC)[C@@H](C)CCCC. The normalized spacial score (nSPS) is 14.8. The van der Waals surface area contributed by atoms with E-state index >= 15 is 0 Å². The van der Waals surface area contributed by atoms with Crippen molar-refractivity contribution in [3.05, 3.63) is 12.7 Å². The first-order valence-corrected chi connectivity index (χ1v) is 10.8. The van der Waals surface area contributed by atoms with Gasteiger partial charge in [-0.05, 0) is 36.5 Å². The lowest BCUT2D eigenvalue weighted by Crippen LogP contribution is -2.42. The van der Waals surface area contributed by atoms with Crippen LogP contribution >= 0.6 is 0 Å². The summed E-state index contributed by atoms with van der Waals surface area (Å²) >= 11 is 0. The van der Waals surface area contributed by atoms with Crippen molar-refractivity contribution in [2.45, 2.75) is 84.5 Å². The highest BCUT2D eigenvalue weighted by molar-refractivity contribution is 6.73. The zero-order valence-corrected chi connectivity index (χ0v) is 15.2. The van der Waals surface area contributed by atoms with E-state index in [1.807, 2.05) is 0 Å². The van der Waals surface area contributed by atoms with Crippen LogP contribution in [0.25, 0.3) is 0 Å². The molecular formula is C17H34O2Si. The Morgan fingerprint density at radius 3 is 2.15 bits per heavy atom. The summed E-state index contributed by atoms with van der Waals surface area (Å²) in [6.07, 6.45) is 5.58. The molecule has 0 radical (unpaired) electrons. The van der Waals surface area contributed by atoms with E-state index < -0.39 is 8.32 Å². The van der Waals surface area contributed by atoms with E-state index in [1.165, 1.54) is 18.9 Å². The van der Waals surface area contributed by atoms with Gasteiger partial charge in [-0.1, -0.05) is 54.0 Å². The first-order chi connectivity index (χ1) is 9.48. The standard InChI is InChI=1S/C17H34O2Si/c1-7-12-13-15(6)17(14-16(18)8-2)19-20(9-3,10-4)11-5/h8,15,17H,2,7,9-14H2,1,3-6H3/t15-,17+/m0/s1. The number of carbonyl (C=O) groups is 1. The van der Waals surface area contributed by atoms with Gasteiger partial charge in [-0.3, -0.25) is 4.79 Å². The van der Waals surface area contributed by atoms with Crippen LogP contribution in [0.1, 0.15) is 60.3 Å². The predicted octanol–water partition coefficient (Wildman–Crippen LogP) is 5.35. The molecular weight excluding hydrogens is 264 g/mol. The fraction of sp³-hybridized carbons (Fsp3) is 0.824. The average Bonchev–Trinajstić information content (AvgIpc) is 2.49. The molecule has 0 fully saturated rings. The van der Waals surface area contributed by atoms with Crippen LogP contribution in [0.3, 0.4) is 0 Å². The second-order valence-corrected chi connectivity index (χ2v) is 10.6. The summed E-state index contributed by atoms with van der Waals surface area (Å²) in [5.74, 6) is 0.569. The number of hydrogen-bond acceptors (Lipinski definition) is 2. The van der Waals surface area contributed by atoms with Crippen LogP contribution in [0.4, 0.5) is 0 Å². The third kappa shape index (κ3) is 6.36. The molecule has 3 heteroatoms. The van der Waals surface area contributed by atoms with Crippen molar-refractivity contribution in [3.8, 4) is 0 Å². The minimum Gasteiger partial charge on any atom is -0.413 e. The monoisotopic (exact) mass is 298 g/mol. The first kappa shape index (κ1) is 19.6. The van der Waals surface area contributed by atoms with Gasteiger partial charge < -0.3 is 4.43 Å². The topological polar surface area (TPSA) is 26.3 Å². The largest absolute Gasteiger partial charge is 0.413 e. The van der Waals surface area contributed by atoms with E-state index in [1.54, 1.807) is 0 Å². The minimum absolute atomic E-state index is 0.0820. The average molecular weight is 299 g/mol. The molecule has 0 aromatic heterocycles. The summed E-state index contributed by atoms with van der Waals surface area (Å²) in [5.41, 5.74) is 0. The fourth-order valence-corrected chi connectivity index (χ4v) is 5.63. The number of hydrogen-bond donors (Lipinski definition) is 0. The summed E-state index contributed by atoms with van der Waals surface area (Å²) < 4.78 is 6.59. The van der Waals surface area contributed by atoms with Crippen molar-refractivity contribution in [1.82, 2.24) is 0 Å². The molecule has 0 aromatic rings. The highest BCUT2D eigenvalue weighted by Crippen LogP contribution is 2.29. The summed E-state index contributed by atoms with van der Waals surface area (Å²) in [4.78, 5) is 11.8. The van der Waals surface area contributed by atoms with E-state index in [2.05, 4.69) is 41.2 Å². The van der Waals surface area contributed by atoms with Gasteiger partial charge in [-0.25, -0.2) is 0 Å². The van der Waals surface area contributed by atoms with Crippen LogP contribution in [0.5, 0.6) is 0 Å². The van der Waals surface area contributed by atoms with E-state index in [0.717, 1.165) is 24.6 Å². The molecule has 0 aliphatic carbocycles. The van der Waals surface area contributed by atoms with Crippen molar-refractivity contribution >= 4 is 14.1 Å². The van der Waals surface area contributed by atoms with Crippen LogP contribution in [-0.2, 0) is 9.22 Å². The molecule has 20 heavy (non-hydrogen) atoms. The summed E-state index contributed by atoms with van der Waals surface area (Å²) in [6.45, 7) is 14.8. The van der Waals surface area contributed by atoms with Crippen LogP contribution in [0.2, 0.25) is 18.1 Å². The molecule has 0 spiro atoms. The summed E-state index contributed by atoms with van der Waals surface area (Å²) in [5, 5.41) is 0. The molecule has 0 heterocycles. The smallest absolute Gasteiger partial charge is 0.192 e. The maximum atomic E-state index is 11.8. The van der Waals surface area contributed by atoms with Gasteiger partial charge in [0, 0.05) is 6.42 Å². The van der Waals surface area contributed by atoms with Gasteiger partial charge in [-0.15, -0.1) is 0 Å². The second-order valence-electron chi connectivity index (χ2n) is 5.89. The molecule has 0 bridgehead atoms. The maximum absolute atomic E-state index is 11.8. The minimum atomic E-state index is -1.65. The van der Waals surface area contributed by atoms with Crippen molar-refractivity contribution in [2.75, 3.05) is 0 Å². The number of unbranched alkanes of at least 4 members (excludes halogenated alkanes) is 1. The van der Waals surface area contributed by atoms with Crippen molar-refractivity contribution in [3.63, 3.8) is 0 Å². The summed E-state index contributed by atoms with van der Waals surface area (Å²) in [7, 11) is -1.65. The molecule has 0 aliphatic heterocycles. The molecule has 0 rings (SSSR count). The number of ketones is 1. The Kier molecular flexibility index (Phi) is 10.1. The van der Waals surface area contributed by atoms with E-state index in [9.17, 15) is 4.79 Å². The van der Waals surface area contributed by atoms with Crippen molar-refractivity contribution < 1.29 is 9.22 Å². The molecule has 0 saturated carbocycles. The molecule has 0 amide bonds. The predicted molar refractivity (Wildman–Crippen MR) is 90.6 cm³/mol. The Hall–Kier alpha value is -0.413. The molecule has 118 valence electrons. The van der Waals surface area contributed by atoms with Gasteiger partial charge in [0.25, 0.3) is 0 Å². The lowest BCUT2D eigenvalue weighted by molar-refractivity contribution is -0.116. The maximum Gasteiger partial charge on any atom is 0.192 e. The Labute approximate surface area is 127 Å². The molecule has 0 saturated heterocycles. The van der Waals surface area contributed by atoms with Gasteiger partial charge in [0.15, 0.2) is 14.1 Å². The van der Waals surface area contributed by atoms with Crippen LogP contribution in [0.15, 0.2) is 12.7 Å². The number of rotatable bonds is 12. The fourth-order valence-electron chi connectivity index (χ4n) is 2.67. The Balaban J connectivity index is 4.90. The van der Waals surface area contributed by atoms with Crippen LogP contribution < -0.4 is 0 Å². The molecule has 2 atom stereocenters. The number of carbonyl (C=O) groups excluding carboxylic acids is 1. The zero-order valence-electron chi connectivity index (χ0n) is 14.2. The van der Waals surface area contributed by atoms with E-state index in [0.29, 0.717) is 12.3 Å². The van der Waals surface area contributed by atoms with Gasteiger partial charge >= 0.3 is 0 Å². The zero-order chi connectivity index (χ0) is 15.6. The molecule has 0 aromatic carbocycles. The lowest BCUT2D eigenvalue weighted by Gasteiger charge is -2.36. The van der Waals surface area contributed by atoms with Crippen LogP contribution in [-0.4, -0.2) is 20.2 Å². The van der Waals surface area contributed by atoms with Gasteiger partial charge in [-0.2, -0.15) is 0 Å². The molecule has 0 aliphatic rings. The molecule has 0 unspecified atom stereocenters. The highest BCUT2D eigenvalue weighted by Gasteiger charge is 2.34. The van der Waals surface area contributed by atoms with Crippen molar-refractivity contribution in [2.24, 2.45) is 5.92 Å². The molecule has 2 nitrogen and oxygen atoms in total. The van der Waals surface area contributed by atoms with Crippen LogP contribution in [0, 0.1) is 5.92 Å². The molecule has 0 N–H and O–H groups in total. The first-order valence-electron chi connectivity index (χ1n) is 8.31. The highest BCUT2D eigenvalue weighted by atomic mass is 28.4. The van der Waals surface area contributed by atoms with Gasteiger partial charge in [0.1, 0.15) is 0 Å². The Bertz CT molecular complexity index is 276. The quantitative estimate of drug-likeness (QED) is 0.359. The Morgan fingerprint density at radius 1 is 1.20 bits per heavy atom. The summed E-state index contributed by atoms with van der Waals surface area (Å²) in [6, 6.07) is 3.41. The van der Waals surface area contributed by atoms with Gasteiger partial charge in [0.05, 0.1) is 6.10 Å². The van der Waals surface area contributed by atoms with Crippen molar-refractivity contribution in [1.29, 1.82) is 0 Å².